The molecule has 96 valence electrons. The van der Waals surface area contributed by atoms with Gasteiger partial charge in [-0.05, 0) is 13.5 Å². The summed E-state index contributed by atoms with van der Waals surface area (Å²) in [5, 5.41) is 16.4. The van der Waals surface area contributed by atoms with Crippen molar-refractivity contribution in [2.24, 2.45) is 17.9 Å². The molecule has 7 heteroatoms. The number of hydrogen-bond acceptors (Lipinski definition) is 4. The van der Waals surface area contributed by atoms with Crippen LogP contribution in [0.15, 0.2) is 5.16 Å². The van der Waals surface area contributed by atoms with Crippen molar-refractivity contribution in [3.05, 3.63) is 16.4 Å². The van der Waals surface area contributed by atoms with E-state index in [1.807, 2.05) is 18.7 Å². The van der Waals surface area contributed by atoms with E-state index in [2.05, 4.69) is 10.3 Å². The first-order valence-corrected chi connectivity index (χ1v) is 5.74. The van der Waals surface area contributed by atoms with Crippen molar-refractivity contribution >= 4 is 17.4 Å². The highest BCUT2D eigenvalue weighted by atomic mass is 35.5. The number of nitrogens with zero attached hydrogens (tertiary/aromatic N) is 4. The number of halogens is 1. The maximum absolute atomic E-state index is 8.55. The summed E-state index contributed by atoms with van der Waals surface area (Å²) in [6, 6.07) is 0. The van der Waals surface area contributed by atoms with Gasteiger partial charge in [0.2, 0.25) is 0 Å². The van der Waals surface area contributed by atoms with Gasteiger partial charge >= 0.3 is 0 Å². The van der Waals surface area contributed by atoms with Gasteiger partial charge in [-0.25, -0.2) is 0 Å². The Morgan fingerprint density at radius 2 is 2.29 bits per heavy atom. The van der Waals surface area contributed by atoms with Crippen molar-refractivity contribution in [2.45, 2.75) is 20.4 Å². The second kappa shape index (κ2) is 5.88. The molecule has 17 heavy (non-hydrogen) atoms. The summed E-state index contributed by atoms with van der Waals surface area (Å²) in [4.78, 5) is 2.02. The van der Waals surface area contributed by atoms with Crippen molar-refractivity contribution in [3.63, 3.8) is 0 Å². The molecule has 0 aromatic carbocycles. The molecule has 3 N–H and O–H groups in total. The molecule has 6 nitrogen and oxygen atoms in total. The van der Waals surface area contributed by atoms with Crippen LogP contribution in [0.5, 0.6) is 0 Å². The first-order valence-electron chi connectivity index (χ1n) is 5.36. The Kier molecular flexibility index (Phi) is 4.77. The molecule has 0 saturated carbocycles. The number of hydrogen-bond donors (Lipinski definition) is 2. The van der Waals surface area contributed by atoms with Crippen LogP contribution in [0.1, 0.15) is 18.2 Å². The van der Waals surface area contributed by atoms with E-state index in [9.17, 15) is 0 Å². The molecule has 1 aromatic heterocycles. The van der Waals surface area contributed by atoms with E-state index in [0.29, 0.717) is 18.2 Å². The van der Waals surface area contributed by atoms with Crippen LogP contribution >= 0.6 is 11.6 Å². The summed E-state index contributed by atoms with van der Waals surface area (Å²) >= 11 is 6.15. The van der Waals surface area contributed by atoms with E-state index >= 15 is 0 Å². The Balaban J connectivity index is 2.80. The maximum Gasteiger partial charge on any atom is 0.153 e. The second-order valence-corrected chi connectivity index (χ2v) is 4.23. The van der Waals surface area contributed by atoms with Crippen LogP contribution in [-0.4, -0.2) is 38.8 Å². The number of aromatic nitrogens is 2. The molecule has 0 fully saturated rings. The topological polar surface area (TPSA) is 79.7 Å². The molecule has 1 heterocycles. The van der Waals surface area contributed by atoms with Gasteiger partial charge in [-0.1, -0.05) is 23.7 Å². The standard InChI is InChI=1S/C10H18ClN5O/c1-4-16(6-9(12)14-17)5-8-7(2)13-15(3)10(8)11/h17H,4-6H2,1-3H3,(H2,12,14). The number of likely N-dealkylation sites (N-methyl/N-ethyl adjacent to an activating group) is 1. The van der Waals surface area contributed by atoms with Gasteiger partial charge in [0.15, 0.2) is 5.84 Å². The van der Waals surface area contributed by atoms with Gasteiger partial charge in [0, 0.05) is 19.2 Å². The molecule has 0 saturated heterocycles. The zero-order valence-electron chi connectivity index (χ0n) is 10.3. The van der Waals surface area contributed by atoms with E-state index in [4.69, 9.17) is 22.5 Å². The lowest BCUT2D eigenvalue weighted by molar-refractivity contribution is 0.294. The van der Waals surface area contributed by atoms with Crippen LogP contribution in [0.3, 0.4) is 0 Å². The Bertz CT molecular complexity index is 415. The summed E-state index contributed by atoms with van der Waals surface area (Å²) in [6.45, 7) is 5.73. The van der Waals surface area contributed by atoms with Crippen molar-refractivity contribution in [1.82, 2.24) is 14.7 Å². The molecule has 0 radical (unpaired) electrons. The molecule has 0 bridgehead atoms. The molecule has 1 aromatic rings. The molecular formula is C10H18ClN5O. The smallest absolute Gasteiger partial charge is 0.153 e. The third-order valence-electron chi connectivity index (χ3n) is 2.61. The van der Waals surface area contributed by atoms with E-state index in [1.54, 1.807) is 11.7 Å². The third-order valence-corrected chi connectivity index (χ3v) is 3.09. The number of nitrogens with two attached hydrogens (primary N) is 1. The SMILES string of the molecule is CCN(CC(N)=NO)Cc1c(C)nn(C)c1Cl. The maximum atomic E-state index is 8.55. The lowest BCUT2D eigenvalue weighted by atomic mass is 10.2. The van der Waals surface area contributed by atoms with Gasteiger partial charge in [0.1, 0.15) is 5.15 Å². The molecule has 0 spiro atoms. The van der Waals surface area contributed by atoms with Crippen LogP contribution in [0.4, 0.5) is 0 Å². The predicted octanol–water partition coefficient (Wildman–Crippen LogP) is 0.950. The number of aryl methyl sites for hydroxylation is 2. The van der Waals surface area contributed by atoms with Crippen LogP contribution in [-0.2, 0) is 13.6 Å². The summed E-state index contributed by atoms with van der Waals surface area (Å²) in [5.41, 5.74) is 7.36. The van der Waals surface area contributed by atoms with E-state index in [1.165, 1.54) is 0 Å². The summed E-state index contributed by atoms with van der Waals surface area (Å²) < 4.78 is 1.64. The van der Waals surface area contributed by atoms with Gasteiger partial charge in [-0.15, -0.1) is 0 Å². The highest BCUT2D eigenvalue weighted by Gasteiger charge is 2.15. The van der Waals surface area contributed by atoms with Gasteiger partial charge in [-0.3, -0.25) is 9.58 Å². The van der Waals surface area contributed by atoms with Crippen molar-refractivity contribution in [3.8, 4) is 0 Å². The third kappa shape index (κ3) is 3.34. The highest BCUT2D eigenvalue weighted by Crippen LogP contribution is 2.20. The van der Waals surface area contributed by atoms with E-state index < -0.39 is 0 Å². The Morgan fingerprint density at radius 3 is 2.71 bits per heavy atom. The van der Waals surface area contributed by atoms with Crippen LogP contribution in [0.2, 0.25) is 5.15 Å². The number of amidine groups is 1. The zero-order chi connectivity index (χ0) is 13.0. The fourth-order valence-electron chi connectivity index (χ4n) is 1.62. The molecule has 0 aliphatic rings. The Morgan fingerprint density at radius 1 is 1.65 bits per heavy atom. The van der Waals surface area contributed by atoms with Gasteiger partial charge in [-0.2, -0.15) is 5.10 Å². The molecule has 0 atom stereocenters. The fourth-order valence-corrected chi connectivity index (χ4v) is 1.85. The Hall–Kier alpha value is -1.27. The lowest BCUT2D eigenvalue weighted by Crippen LogP contribution is -2.33. The van der Waals surface area contributed by atoms with Crippen LogP contribution in [0, 0.1) is 6.92 Å². The molecule has 0 aliphatic heterocycles. The van der Waals surface area contributed by atoms with Crippen LogP contribution < -0.4 is 5.73 Å². The van der Waals surface area contributed by atoms with Gasteiger partial charge in [0.05, 0.1) is 12.2 Å². The van der Waals surface area contributed by atoms with Gasteiger partial charge < -0.3 is 10.9 Å². The van der Waals surface area contributed by atoms with E-state index in [-0.39, 0.29) is 5.84 Å². The fraction of sp³-hybridized carbons (Fsp3) is 0.600. The number of rotatable bonds is 5. The summed E-state index contributed by atoms with van der Waals surface area (Å²) in [5.74, 6) is 0.185. The highest BCUT2D eigenvalue weighted by molar-refractivity contribution is 6.30. The molecule has 1 rings (SSSR count). The van der Waals surface area contributed by atoms with Crippen molar-refractivity contribution in [2.75, 3.05) is 13.1 Å². The van der Waals surface area contributed by atoms with Crippen molar-refractivity contribution < 1.29 is 5.21 Å². The zero-order valence-corrected chi connectivity index (χ0v) is 11.1. The minimum absolute atomic E-state index is 0.185. The minimum Gasteiger partial charge on any atom is -0.409 e. The minimum atomic E-state index is 0.185. The quantitative estimate of drug-likeness (QED) is 0.357. The lowest BCUT2D eigenvalue weighted by Gasteiger charge is -2.19. The molecule has 0 aliphatic carbocycles. The molecular weight excluding hydrogens is 242 g/mol. The predicted molar refractivity (Wildman–Crippen MR) is 67.3 cm³/mol. The monoisotopic (exact) mass is 259 g/mol. The van der Waals surface area contributed by atoms with Crippen molar-refractivity contribution in [1.29, 1.82) is 0 Å². The molecule has 0 unspecified atom stereocenters. The first-order chi connectivity index (χ1) is 7.99. The summed E-state index contributed by atoms with van der Waals surface area (Å²) in [7, 11) is 1.80. The summed E-state index contributed by atoms with van der Waals surface area (Å²) in [6.07, 6.45) is 0. The van der Waals surface area contributed by atoms with E-state index in [0.717, 1.165) is 17.8 Å². The molecule has 0 amide bonds. The second-order valence-electron chi connectivity index (χ2n) is 3.87. The van der Waals surface area contributed by atoms with Gasteiger partial charge in [0.25, 0.3) is 0 Å². The first kappa shape index (κ1) is 13.8. The average Bonchev–Trinajstić information content (AvgIpc) is 2.54. The average molecular weight is 260 g/mol. The Labute approximate surface area is 106 Å². The largest absolute Gasteiger partial charge is 0.409 e. The normalized spacial score (nSPS) is 12.4. The van der Waals surface area contributed by atoms with Crippen LogP contribution in [0.25, 0.3) is 0 Å². The number of oxime groups is 1.